The van der Waals surface area contributed by atoms with Crippen LogP contribution in [0.25, 0.3) is 10.9 Å². The molecule has 164 valence electrons. The third-order valence-corrected chi connectivity index (χ3v) is 7.64. The molecule has 0 bridgehead atoms. The number of sulfonamides is 1. The number of fused-ring (bicyclic) bond motifs is 2. The molecule has 0 saturated heterocycles. The van der Waals surface area contributed by atoms with E-state index in [0.29, 0.717) is 24.0 Å². The molecule has 2 aromatic carbocycles. The van der Waals surface area contributed by atoms with Crippen LogP contribution < -0.4 is 4.72 Å². The van der Waals surface area contributed by atoms with Crippen molar-refractivity contribution in [3.05, 3.63) is 71.9 Å². The smallest absolute Gasteiger partial charge is 0.263 e. The third-order valence-electron chi connectivity index (χ3n) is 5.59. The Labute approximate surface area is 187 Å². The van der Waals surface area contributed by atoms with Crippen LogP contribution in [0, 0.1) is 5.82 Å². The summed E-state index contributed by atoms with van der Waals surface area (Å²) in [5, 5.41) is 0.654. The van der Waals surface area contributed by atoms with Gasteiger partial charge in [0.2, 0.25) is 11.0 Å². The number of rotatable bonds is 5. The zero-order chi connectivity index (χ0) is 22.5. The number of anilines is 1. The zero-order valence-electron chi connectivity index (χ0n) is 16.9. The lowest BCUT2D eigenvalue weighted by Gasteiger charge is -2.22. The Kier molecular flexibility index (Phi) is 4.94. The number of hydrogen-bond donors (Lipinski definition) is 1. The summed E-state index contributed by atoms with van der Waals surface area (Å²) in [7, 11) is -3.81. The van der Waals surface area contributed by atoms with Gasteiger partial charge in [-0.1, -0.05) is 12.1 Å². The van der Waals surface area contributed by atoms with Crippen molar-refractivity contribution >= 4 is 43.5 Å². The Morgan fingerprint density at radius 2 is 2.00 bits per heavy atom. The van der Waals surface area contributed by atoms with Crippen LogP contribution >= 0.6 is 11.5 Å². The molecule has 0 saturated carbocycles. The molecule has 3 heterocycles. The second kappa shape index (κ2) is 7.68. The molecule has 5 rings (SSSR count). The highest BCUT2D eigenvalue weighted by Gasteiger charge is 2.29. The first-order valence-electron chi connectivity index (χ1n) is 9.78. The van der Waals surface area contributed by atoms with Crippen molar-refractivity contribution in [2.75, 3.05) is 4.72 Å². The standard InChI is InChI=1S/C21H18FN5O3S2/c1-13(27-8-7-17-18(22)3-2-4-19(17)27)20(28)26-10-14-5-6-16(9-15(14)11-26)32(29,30)25-21-23-12-24-31-21/h2-9,12-13H,10-11H2,1H3,(H,23,24,25)/t13-/m0/s1. The summed E-state index contributed by atoms with van der Waals surface area (Å²) in [6, 6.07) is 10.7. The first kappa shape index (κ1) is 20.6. The number of carbonyl (C=O) groups is 1. The lowest BCUT2D eigenvalue weighted by molar-refractivity contribution is -0.134. The number of halogens is 1. The van der Waals surface area contributed by atoms with Crippen molar-refractivity contribution in [1.82, 2.24) is 18.8 Å². The van der Waals surface area contributed by atoms with Crippen molar-refractivity contribution < 1.29 is 17.6 Å². The second-order valence-corrected chi connectivity index (χ2v) is 10.0. The van der Waals surface area contributed by atoms with Crippen molar-refractivity contribution in [2.24, 2.45) is 0 Å². The van der Waals surface area contributed by atoms with E-state index in [1.807, 2.05) is 0 Å². The van der Waals surface area contributed by atoms with Crippen LogP contribution in [0.5, 0.6) is 0 Å². The normalized spacial score (nSPS) is 14.5. The largest absolute Gasteiger partial charge is 0.335 e. The zero-order valence-corrected chi connectivity index (χ0v) is 18.5. The van der Waals surface area contributed by atoms with Gasteiger partial charge in [-0.15, -0.1) is 0 Å². The van der Waals surface area contributed by atoms with E-state index >= 15 is 0 Å². The summed E-state index contributed by atoms with van der Waals surface area (Å²) in [5.41, 5.74) is 2.32. The van der Waals surface area contributed by atoms with E-state index in [0.717, 1.165) is 22.7 Å². The van der Waals surface area contributed by atoms with Gasteiger partial charge in [0, 0.05) is 36.2 Å². The minimum Gasteiger partial charge on any atom is -0.335 e. The number of amides is 1. The van der Waals surface area contributed by atoms with Gasteiger partial charge >= 0.3 is 0 Å². The van der Waals surface area contributed by atoms with Gasteiger partial charge in [-0.05, 0) is 48.4 Å². The molecule has 0 aliphatic carbocycles. The van der Waals surface area contributed by atoms with Gasteiger partial charge in [-0.2, -0.15) is 4.37 Å². The second-order valence-electron chi connectivity index (χ2n) is 7.55. The molecule has 2 aromatic heterocycles. The molecule has 0 spiro atoms. The summed E-state index contributed by atoms with van der Waals surface area (Å²) in [6.07, 6.45) is 2.99. The van der Waals surface area contributed by atoms with Crippen LogP contribution in [0.3, 0.4) is 0 Å². The quantitative estimate of drug-likeness (QED) is 0.480. The van der Waals surface area contributed by atoms with Crippen LogP contribution in [0.2, 0.25) is 0 Å². The SMILES string of the molecule is C[C@@H](C(=O)N1Cc2ccc(S(=O)(=O)Nc3ncns3)cc2C1)n1ccc2c(F)cccc21. The topological polar surface area (TPSA) is 97.2 Å². The van der Waals surface area contributed by atoms with Crippen LogP contribution in [0.4, 0.5) is 9.52 Å². The van der Waals surface area contributed by atoms with E-state index in [1.165, 1.54) is 18.5 Å². The molecule has 4 aromatic rings. The maximum atomic E-state index is 14.0. The van der Waals surface area contributed by atoms with E-state index in [4.69, 9.17) is 0 Å². The number of nitrogens with one attached hydrogen (secondary N) is 1. The minimum atomic E-state index is -3.81. The molecule has 11 heteroatoms. The monoisotopic (exact) mass is 471 g/mol. The average molecular weight is 472 g/mol. The van der Waals surface area contributed by atoms with Crippen LogP contribution in [0.15, 0.2) is 59.9 Å². The number of benzene rings is 2. The van der Waals surface area contributed by atoms with Crippen LogP contribution in [-0.4, -0.2) is 33.1 Å². The number of hydrogen-bond acceptors (Lipinski definition) is 6. The Morgan fingerprint density at radius 1 is 1.19 bits per heavy atom. The molecule has 0 radical (unpaired) electrons. The highest BCUT2D eigenvalue weighted by Crippen LogP contribution is 2.30. The molecule has 32 heavy (non-hydrogen) atoms. The maximum Gasteiger partial charge on any atom is 0.263 e. The Hall–Kier alpha value is -3.31. The van der Waals surface area contributed by atoms with Crippen molar-refractivity contribution in [1.29, 1.82) is 0 Å². The third kappa shape index (κ3) is 3.53. The van der Waals surface area contributed by atoms with E-state index in [9.17, 15) is 17.6 Å². The van der Waals surface area contributed by atoms with E-state index in [-0.39, 0.29) is 21.8 Å². The van der Waals surface area contributed by atoms with Crippen molar-refractivity contribution in [3.63, 3.8) is 0 Å². The van der Waals surface area contributed by atoms with Gasteiger partial charge in [0.1, 0.15) is 18.2 Å². The summed E-state index contributed by atoms with van der Waals surface area (Å²) in [6.45, 7) is 2.46. The molecule has 1 atom stereocenters. The Morgan fingerprint density at radius 3 is 2.78 bits per heavy atom. The lowest BCUT2D eigenvalue weighted by Crippen LogP contribution is -2.32. The molecule has 8 nitrogen and oxygen atoms in total. The summed E-state index contributed by atoms with van der Waals surface area (Å²) in [5.74, 6) is -0.454. The Bertz CT molecular complexity index is 1430. The van der Waals surface area contributed by atoms with Gasteiger partial charge in [-0.25, -0.2) is 17.8 Å². The molecular weight excluding hydrogens is 453 g/mol. The van der Waals surface area contributed by atoms with Gasteiger partial charge < -0.3 is 9.47 Å². The highest BCUT2D eigenvalue weighted by molar-refractivity contribution is 7.93. The van der Waals surface area contributed by atoms with Crippen LogP contribution in [0.1, 0.15) is 24.1 Å². The maximum absolute atomic E-state index is 14.0. The predicted octanol–water partition coefficient (Wildman–Crippen LogP) is 3.54. The van der Waals surface area contributed by atoms with Gasteiger partial charge in [0.15, 0.2) is 0 Å². The molecule has 1 aliphatic rings. The summed E-state index contributed by atoms with van der Waals surface area (Å²) < 4.78 is 47.3. The number of carbonyl (C=O) groups excluding carboxylic acids is 1. The molecule has 0 unspecified atom stereocenters. The molecule has 0 fully saturated rings. The summed E-state index contributed by atoms with van der Waals surface area (Å²) >= 11 is 0.948. The van der Waals surface area contributed by atoms with E-state index < -0.39 is 16.1 Å². The fourth-order valence-electron chi connectivity index (χ4n) is 3.96. The summed E-state index contributed by atoms with van der Waals surface area (Å²) in [4.78, 5) is 18.8. The van der Waals surface area contributed by atoms with Crippen LogP contribution in [-0.2, 0) is 27.9 Å². The first-order valence-corrected chi connectivity index (χ1v) is 12.0. The fraction of sp³-hybridized carbons (Fsp3) is 0.190. The van der Waals surface area contributed by atoms with Gasteiger partial charge in [0.05, 0.1) is 10.4 Å². The minimum absolute atomic E-state index is 0.0978. The molecular formula is C21H18FN5O3S2. The van der Waals surface area contributed by atoms with Gasteiger partial charge in [-0.3, -0.25) is 9.52 Å². The van der Waals surface area contributed by atoms with Gasteiger partial charge in [0.25, 0.3) is 10.0 Å². The number of aromatic nitrogens is 3. The molecule has 1 N–H and O–H groups in total. The fourth-order valence-corrected chi connectivity index (χ4v) is 5.67. The Balaban J connectivity index is 1.36. The lowest BCUT2D eigenvalue weighted by atomic mass is 10.1. The molecule has 1 aliphatic heterocycles. The first-order chi connectivity index (χ1) is 15.3. The number of nitrogens with zero attached hydrogens (tertiary/aromatic N) is 4. The van der Waals surface area contributed by atoms with E-state index in [2.05, 4.69) is 14.1 Å². The average Bonchev–Trinajstić information content (AvgIpc) is 3.51. The highest BCUT2D eigenvalue weighted by atomic mass is 32.2. The van der Waals surface area contributed by atoms with Crippen molar-refractivity contribution in [2.45, 2.75) is 31.0 Å². The van der Waals surface area contributed by atoms with E-state index in [1.54, 1.807) is 52.9 Å². The van der Waals surface area contributed by atoms with Crippen molar-refractivity contribution in [3.8, 4) is 0 Å². The predicted molar refractivity (Wildman–Crippen MR) is 118 cm³/mol. The molecule has 1 amide bonds.